The molecule has 1 aromatic rings. The van der Waals surface area contributed by atoms with Crippen LogP contribution in [-0.2, 0) is 9.53 Å². The predicted octanol–water partition coefficient (Wildman–Crippen LogP) is 0.563. The number of amides is 3. The minimum absolute atomic E-state index is 0.0431. The molecular weight excluding hydrogens is 260 g/mol. The first-order chi connectivity index (χ1) is 9.34. The molecule has 0 aliphatic carbocycles. The van der Waals surface area contributed by atoms with Crippen LogP contribution in [-0.4, -0.2) is 41.4 Å². The van der Waals surface area contributed by atoms with Crippen LogP contribution >= 0.6 is 0 Å². The van der Waals surface area contributed by atoms with E-state index in [0.29, 0.717) is 11.1 Å². The topological polar surface area (TPSA) is 89.7 Å². The van der Waals surface area contributed by atoms with E-state index in [2.05, 4.69) is 0 Å². The summed E-state index contributed by atoms with van der Waals surface area (Å²) >= 11 is 0. The summed E-state index contributed by atoms with van der Waals surface area (Å²) in [6.45, 7) is 3.21. The van der Waals surface area contributed by atoms with Crippen molar-refractivity contribution in [2.45, 2.75) is 19.4 Å². The Bertz CT molecular complexity index is 545. The van der Waals surface area contributed by atoms with E-state index in [1.807, 2.05) is 0 Å². The van der Waals surface area contributed by atoms with Gasteiger partial charge in [-0.2, -0.15) is 0 Å². The number of fused-ring (bicyclic) bond motifs is 1. The number of nitrogens with zero attached hydrogens (tertiary/aromatic N) is 1. The van der Waals surface area contributed by atoms with Crippen LogP contribution in [0.1, 0.15) is 34.6 Å². The fourth-order valence-electron chi connectivity index (χ4n) is 2.20. The highest BCUT2D eigenvalue weighted by atomic mass is 16.5. The molecule has 0 unspecified atom stereocenters. The Morgan fingerprint density at radius 2 is 1.70 bits per heavy atom. The summed E-state index contributed by atoms with van der Waals surface area (Å²) in [5, 5.41) is 0. The molecule has 106 valence electrons. The summed E-state index contributed by atoms with van der Waals surface area (Å²) in [5.74, 6) is -1.29. The highest BCUT2D eigenvalue weighted by molar-refractivity contribution is 6.21. The monoisotopic (exact) mass is 276 g/mol. The second kappa shape index (κ2) is 5.05. The normalized spacial score (nSPS) is 14.6. The predicted molar refractivity (Wildman–Crippen MR) is 71.0 cm³/mol. The van der Waals surface area contributed by atoms with Crippen molar-refractivity contribution in [3.8, 4) is 0 Å². The van der Waals surface area contributed by atoms with Gasteiger partial charge in [-0.15, -0.1) is 0 Å². The van der Waals surface area contributed by atoms with Gasteiger partial charge in [0.15, 0.2) is 0 Å². The van der Waals surface area contributed by atoms with Crippen molar-refractivity contribution in [2.75, 3.05) is 13.2 Å². The molecule has 0 fully saturated rings. The largest absolute Gasteiger partial charge is 0.369 e. The zero-order valence-corrected chi connectivity index (χ0v) is 11.4. The summed E-state index contributed by atoms with van der Waals surface area (Å²) in [6.07, 6.45) is 0. The molecule has 6 nitrogen and oxygen atoms in total. The van der Waals surface area contributed by atoms with E-state index in [-0.39, 0.29) is 25.0 Å². The Morgan fingerprint density at radius 3 is 2.15 bits per heavy atom. The molecular formula is C14H16N2O4. The summed E-state index contributed by atoms with van der Waals surface area (Å²) in [4.78, 5) is 36.4. The minimum Gasteiger partial charge on any atom is -0.369 e. The standard InChI is InChI=1S/C14H16N2O4/c1-14(2,8-20-7-11(15)17)16-12(18)9-5-3-4-6-10(9)13(16)19/h3-6H,7-8H2,1-2H3,(H2,15,17). The molecule has 0 spiro atoms. The zero-order valence-electron chi connectivity index (χ0n) is 11.4. The number of carbonyl (C=O) groups excluding carboxylic acids is 3. The van der Waals surface area contributed by atoms with Crippen LogP contribution in [0.5, 0.6) is 0 Å². The summed E-state index contributed by atoms with van der Waals surface area (Å²) in [6, 6.07) is 6.67. The molecule has 1 aliphatic heterocycles. The van der Waals surface area contributed by atoms with Crippen LogP contribution in [0, 0.1) is 0 Å². The molecule has 0 bridgehead atoms. The zero-order chi connectivity index (χ0) is 14.9. The van der Waals surface area contributed by atoms with Gasteiger partial charge in [-0.25, -0.2) is 0 Å². The van der Waals surface area contributed by atoms with E-state index in [1.165, 1.54) is 4.90 Å². The minimum atomic E-state index is -0.858. The van der Waals surface area contributed by atoms with Crippen molar-refractivity contribution < 1.29 is 19.1 Å². The van der Waals surface area contributed by atoms with Gasteiger partial charge in [0, 0.05) is 0 Å². The van der Waals surface area contributed by atoms with Crippen LogP contribution in [0.25, 0.3) is 0 Å². The average Bonchev–Trinajstić information content (AvgIpc) is 2.62. The van der Waals surface area contributed by atoms with Gasteiger partial charge in [0.1, 0.15) is 6.61 Å². The van der Waals surface area contributed by atoms with Gasteiger partial charge in [-0.05, 0) is 26.0 Å². The molecule has 1 heterocycles. The number of hydrogen-bond donors (Lipinski definition) is 1. The van der Waals surface area contributed by atoms with Gasteiger partial charge < -0.3 is 10.5 Å². The van der Waals surface area contributed by atoms with Crippen molar-refractivity contribution in [3.63, 3.8) is 0 Å². The van der Waals surface area contributed by atoms with Gasteiger partial charge in [0.05, 0.1) is 23.3 Å². The molecule has 1 aliphatic rings. The fraction of sp³-hybridized carbons (Fsp3) is 0.357. The van der Waals surface area contributed by atoms with Crippen molar-refractivity contribution in [2.24, 2.45) is 5.73 Å². The maximum Gasteiger partial charge on any atom is 0.262 e. The van der Waals surface area contributed by atoms with E-state index >= 15 is 0 Å². The summed E-state index contributed by atoms with van der Waals surface area (Å²) in [7, 11) is 0. The van der Waals surface area contributed by atoms with E-state index < -0.39 is 11.4 Å². The molecule has 1 aromatic carbocycles. The van der Waals surface area contributed by atoms with Crippen molar-refractivity contribution >= 4 is 17.7 Å². The number of ether oxygens (including phenoxy) is 1. The van der Waals surface area contributed by atoms with Crippen molar-refractivity contribution in [3.05, 3.63) is 35.4 Å². The van der Waals surface area contributed by atoms with E-state index in [0.717, 1.165) is 0 Å². The highest BCUT2D eigenvalue weighted by Gasteiger charge is 2.43. The Balaban J connectivity index is 2.19. The maximum absolute atomic E-state index is 12.3. The molecule has 20 heavy (non-hydrogen) atoms. The molecule has 0 radical (unpaired) electrons. The Kier molecular flexibility index (Phi) is 3.59. The molecule has 0 saturated carbocycles. The first-order valence-electron chi connectivity index (χ1n) is 6.18. The Hall–Kier alpha value is -2.21. The SMILES string of the molecule is CC(C)(COCC(N)=O)N1C(=O)c2ccccc2C1=O. The number of benzene rings is 1. The smallest absolute Gasteiger partial charge is 0.262 e. The quantitative estimate of drug-likeness (QED) is 0.796. The number of hydrogen-bond acceptors (Lipinski definition) is 4. The lowest BCUT2D eigenvalue weighted by Gasteiger charge is -2.33. The first-order valence-corrected chi connectivity index (χ1v) is 6.18. The van der Waals surface area contributed by atoms with Gasteiger partial charge in [0.2, 0.25) is 5.91 Å². The van der Waals surface area contributed by atoms with Crippen LogP contribution in [0.3, 0.4) is 0 Å². The average molecular weight is 276 g/mol. The third-order valence-corrected chi connectivity index (χ3v) is 3.10. The summed E-state index contributed by atoms with van der Waals surface area (Å²) in [5.41, 5.74) is 4.91. The number of primary amides is 1. The van der Waals surface area contributed by atoms with Gasteiger partial charge in [-0.1, -0.05) is 12.1 Å². The second-order valence-electron chi connectivity index (χ2n) is 5.26. The second-order valence-corrected chi connectivity index (χ2v) is 5.26. The number of carbonyl (C=O) groups is 3. The molecule has 2 rings (SSSR count). The first kappa shape index (κ1) is 14.2. The van der Waals surface area contributed by atoms with Crippen LogP contribution in [0.15, 0.2) is 24.3 Å². The van der Waals surface area contributed by atoms with E-state index in [9.17, 15) is 14.4 Å². The van der Waals surface area contributed by atoms with Crippen molar-refractivity contribution in [1.29, 1.82) is 0 Å². The van der Waals surface area contributed by atoms with Crippen LogP contribution in [0.2, 0.25) is 0 Å². The molecule has 2 N–H and O–H groups in total. The number of nitrogens with two attached hydrogens (primary N) is 1. The fourth-order valence-corrected chi connectivity index (χ4v) is 2.20. The molecule has 6 heteroatoms. The van der Waals surface area contributed by atoms with Crippen molar-refractivity contribution in [1.82, 2.24) is 4.90 Å². The molecule has 0 saturated heterocycles. The lowest BCUT2D eigenvalue weighted by molar-refractivity contribution is -0.123. The lowest BCUT2D eigenvalue weighted by Crippen LogP contribution is -2.50. The maximum atomic E-state index is 12.3. The Labute approximate surface area is 116 Å². The van der Waals surface area contributed by atoms with Gasteiger partial charge >= 0.3 is 0 Å². The third-order valence-electron chi connectivity index (χ3n) is 3.10. The van der Waals surface area contributed by atoms with Gasteiger partial charge in [-0.3, -0.25) is 19.3 Å². The third kappa shape index (κ3) is 2.42. The number of rotatable bonds is 5. The van der Waals surface area contributed by atoms with E-state index in [1.54, 1.807) is 38.1 Å². The number of imide groups is 1. The Morgan fingerprint density at radius 1 is 1.20 bits per heavy atom. The molecule has 3 amide bonds. The summed E-state index contributed by atoms with van der Waals surface area (Å²) < 4.78 is 5.15. The van der Waals surface area contributed by atoms with E-state index in [4.69, 9.17) is 10.5 Å². The van der Waals surface area contributed by atoms with Crippen LogP contribution in [0.4, 0.5) is 0 Å². The molecule has 0 atom stereocenters. The molecule has 0 aromatic heterocycles. The highest BCUT2D eigenvalue weighted by Crippen LogP contribution is 2.29. The van der Waals surface area contributed by atoms with Gasteiger partial charge in [0.25, 0.3) is 11.8 Å². The lowest BCUT2D eigenvalue weighted by atomic mass is 10.0. The van der Waals surface area contributed by atoms with Crippen LogP contribution < -0.4 is 5.73 Å².